The zero-order valence-electron chi connectivity index (χ0n) is 14.4. The fourth-order valence-electron chi connectivity index (χ4n) is 2.83. The van der Waals surface area contributed by atoms with Crippen molar-refractivity contribution in [1.82, 2.24) is 5.43 Å². The topological polar surface area (TPSA) is 70.6 Å². The number of nitrogens with zero attached hydrogens (tertiary/aromatic N) is 1. The van der Waals surface area contributed by atoms with E-state index in [2.05, 4.69) is 52.5 Å². The van der Waals surface area contributed by atoms with Gasteiger partial charge in [0.2, 0.25) is 0 Å². The average molecular weight is 394 g/mol. The van der Waals surface area contributed by atoms with Crippen molar-refractivity contribution in [2.75, 3.05) is 5.32 Å². The minimum atomic E-state index is -0.747. The summed E-state index contributed by atoms with van der Waals surface area (Å²) in [5.41, 5.74) is 4.19. The summed E-state index contributed by atoms with van der Waals surface area (Å²) in [5.74, 6) is -0.790. The molecular weight excluding hydrogens is 370 g/mol. The number of carbonyl (C=O) groups excluding carboxylic acids is 2. The van der Waals surface area contributed by atoms with Crippen LogP contribution in [0.3, 0.4) is 0 Å². The first-order valence-electron chi connectivity index (χ1n) is 8.18. The fourth-order valence-corrected chi connectivity index (χ4v) is 3.09. The number of hydrazone groups is 1. The summed E-state index contributed by atoms with van der Waals surface area (Å²) in [6.07, 6.45) is 3.89. The lowest BCUT2D eigenvalue weighted by Crippen LogP contribution is -2.33. The van der Waals surface area contributed by atoms with Crippen molar-refractivity contribution in [1.29, 1.82) is 0 Å². The van der Waals surface area contributed by atoms with E-state index < -0.39 is 11.8 Å². The van der Waals surface area contributed by atoms with E-state index in [1.54, 1.807) is 24.3 Å². The number of nitrogens with one attached hydrogen (secondary N) is 2. The third-order valence-electron chi connectivity index (χ3n) is 4.41. The zero-order chi connectivity index (χ0) is 17.7. The molecule has 0 atom stereocenters. The molecule has 0 radical (unpaired) electrons. The van der Waals surface area contributed by atoms with Gasteiger partial charge in [-0.25, -0.2) is 5.43 Å². The molecule has 0 heterocycles. The molecule has 130 valence electrons. The maximum atomic E-state index is 11.8. The smallest absolute Gasteiger partial charge is 0.318 e. The van der Waals surface area contributed by atoms with Crippen LogP contribution in [0, 0.1) is 11.3 Å². The number of hydrogen-bond acceptors (Lipinski definition) is 3. The largest absolute Gasteiger partial charge is 0.329 e. The maximum absolute atomic E-state index is 11.8. The lowest BCUT2D eigenvalue weighted by molar-refractivity contribution is -0.136. The molecule has 1 aliphatic carbocycles. The molecule has 0 aromatic heterocycles. The predicted molar refractivity (Wildman–Crippen MR) is 99.8 cm³/mol. The molecule has 0 aliphatic heterocycles. The van der Waals surface area contributed by atoms with E-state index in [0.717, 1.165) is 35.9 Å². The molecular formula is C18H24BrN3O2. The summed E-state index contributed by atoms with van der Waals surface area (Å²) >= 11 is 3.32. The number of halogens is 1. The van der Waals surface area contributed by atoms with Crippen LogP contribution in [-0.2, 0) is 9.59 Å². The summed E-state index contributed by atoms with van der Waals surface area (Å²) in [6, 6.07) is 7.02. The van der Waals surface area contributed by atoms with E-state index in [1.165, 1.54) is 0 Å². The summed E-state index contributed by atoms with van der Waals surface area (Å²) < 4.78 is 0.905. The molecule has 0 bridgehead atoms. The number of anilines is 1. The minimum Gasteiger partial charge on any atom is -0.318 e. The number of rotatable bonds is 2. The molecule has 0 spiro atoms. The Morgan fingerprint density at radius 2 is 1.67 bits per heavy atom. The predicted octanol–water partition coefficient (Wildman–Crippen LogP) is 4.10. The van der Waals surface area contributed by atoms with Crippen LogP contribution in [0.5, 0.6) is 0 Å². The van der Waals surface area contributed by atoms with Gasteiger partial charge in [-0.2, -0.15) is 5.10 Å². The number of carbonyl (C=O) groups is 2. The van der Waals surface area contributed by atoms with Crippen molar-refractivity contribution in [2.45, 2.75) is 46.5 Å². The van der Waals surface area contributed by atoms with Gasteiger partial charge in [-0.1, -0.05) is 36.7 Å². The molecule has 24 heavy (non-hydrogen) atoms. The normalized spacial score (nSPS) is 18.0. The molecule has 1 saturated carbocycles. The van der Waals surface area contributed by atoms with E-state index in [4.69, 9.17) is 0 Å². The molecule has 1 fully saturated rings. The van der Waals surface area contributed by atoms with Crippen LogP contribution in [0.25, 0.3) is 0 Å². The molecule has 0 saturated heterocycles. The van der Waals surface area contributed by atoms with Gasteiger partial charge in [0, 0.05) is 15.9 Å². The number of amides is 2. The second-order valence-electron chi connectivity index (χ2n) is 7.22. The van der Waals surface area contributed by atoms with Crippen molar-refractivity contribution in [3.05, 3.63) is 28.7 Å². The quantitative estimate of drug-likeness (QED) is 0.586. The van der Waals surface area contributed by atoms with Gasteiger partial charge in [0.05, 0.1) is 0 Å². The summed E-state index contributed by atoms with van der Waals surface area (Å²) in [5, 5.41) is 6.67. The molecule has 2 N–H and O–H groups in total. The molecule has 2 amide bonds. The van der Waals surface area contributed by atoms with Gasteiger partial charge in [0.15, 0.2) is 0 Å². The molecule has 0 unspecified atom stereocenters. The van der Waals surface area contributed by atoms with E-state index in [9.17, 15) is 9.59 Å². The molecule has 1 aromatic carbocycles. The van der Waals surface area contributed by atoms with E-state index in [0.29, 0.717) is 17.0 Å². The Labute approximate surface area is 151 Å². The highest BCUT2D eigenvalue weighted by molar-refractivity contribution is 9.10. The van der Waals surface area contributed by atoms with Gasteiger partial charge in [-0.15, -0.1) is 0 Å². The van der Waals surface area contributed by atoms with Gasteiger partial charge < -0.3 is 5.32 Å². The summed E-state index contributed by atoms with van der Waals surface area (Å²) in [7, 11) is 0. The molecule has 6 heteroatoms. The first-order valence-corrected chi connectivity index (χ1v) is 8.97. The average Bonchev–Trinajstić information content (AvgIpc) is 2.54. The van der Waals surface area contributed by atoms with Crippen LogP contribution < -0.4 is 10.7 Å². The minimum absolute atomic E-state index is 0.305. The van der Waals surface area contributed by atoms with Gasteiger partial charge in [-0.3, -0.25) is 9.59 Å². The van der Waals surface area contributed by atoms with Crippen molar-refractivity contribution >= 4 is 39.1 Å². The Balaban J connectivity index is 1.82. The van der Waals surface area contributed by atoms with Crippen LogP contribution in [0.1, 0.15) is 46.5 Å². The Hall–Kier alpha value is -1.69. The van der Waals surface area contributed by atoms with Gasteiger partial charge >= 0.3 is 11.8 Å². The first kappa shape index (κ1) is 18.6. The Morgan fingerprint density at radius 3 is 2.21 bits per heavy atom. The molecule has 1 aromatic rings. The highest BCUT2D eigenvalue weighted by Crippen LogP contribution is 2.36. The van der Waals surface area contributed by atoms with Crippen LogP contribution >= 0.6 is 15.9 Å². The van der Waals surface area contributed by atoms with Crippen molar-refractivity contribution in [2.24, 2.45) is 16.4 Å². The monoisotopic (exact) mass is 393 g/mol. The summed E-state index contributed by atoms with van der Waals surface area (Å²) in [6.45, 7) is 6.77. The number of hydrogen-bond donors (Lipinski definition) is 2. The van der Waals surface area contributed by atoms with Gasteiger partial charge in [0.1, 0.15) is 0 Å². The summed E-state index contributed by atoms with van der Waals surface area (Å²) in [4.78, 5) is 23.7. The van der Waals surface area contributed by atoms with Crippen LogP contribution in [0.4, 0.5) is 5.69 Å². The van der Waals surface area contributed by atoms with Crippen molar-refractivity contribution in [3.63, 3.8) is 0 Å². The van der Waals surface area contributed by atoms with Gasteiger partial charge in [0.25, 0.3) is 0 Å². The van der Waals surface area contributed by atoms with Crippen LogP contribution in [-0.4, -0.2) is 17.5 Å². The fraction of sp³-hybridized carbons (Fsp3) is 0.500. The third-order valence-corrected chi connectivity index (χ3v) is 4.94. The van der Waals surface area contributed by atoms with Crippen molar-refractivity contribution in [3.8, 4) is 0 Å². The van der Waals surface area contributed by atoms with Crippen molar-refractivity contribution < 1.29 is 9.59 Å². The molecule has 1 aliphatic rings. The second-order valence-corrected chi connectivity index (χ2v) is 8.14. The van der Waals surface area contributed by atoms with E-state index in [-0.39, 0.29) is 0 Å². The van der Waals surface area contributed by atoms with Gasteiger partial charge in [-0.05, 0) is 61.3 Å². The first-order chi connectivity index (χ1) is 11.3. The standard InChI is InChI=1S/C18H24BrN3O2/c1-18(2,3)12-4-8-15(9-5-12)21-22-17(24)16(23)20-14-10-6-13(19)7-11-14/h6-7,10-12H,4-5,8-9H2,1-3H3,(H,20,23)(H,22,24). The second kappa shape index (κ2) is 7.92. The van der Waals surface area contributed by atoms with Crippen LogP contribution in [0.15, 0.2) is 33.8 Å². The molecule has 5 nitrogen and oxygen atoms in total. The van der Waals surface area contributed by atoms with Crippen LogP contribution in [0.2, 0.25) is 0 Å². The Morgan fingerprint density at radius 1 is 1.08 bits per heavy atom. The van der Waals surface area contributed by atoms with E-state index >= 15 is 0 Å². The zero-order valence-corrected chi connectivity index (χ0v) is 15.9. The SMILES string of the molecule is CC(C)(C)C1CCC(=NNC(=O)C(=O)Nc2ccc(Br)cc2)CC1. The lowest BCUT2D eigenvalue weighted by atomic mass is 9.72. The third kappa shape index (κ3) is 5.44. The number of benzene rings is 1. The molecule has 2 rings (SSSR count). The Kier molecular flexibility index (Phi) is 6.15. The Bertz CT molecular complexity index is 623. The maximum Gasteiger partial charge on any atom is 0.329 e. The highest BCUT2D eigenvalue weighted by Gasteiger charge is 2.28. The highest BCUT2D eigenvalue weighted by atomic mass is 79.9. The van der Waals surface area contributed by atoms with E-state index in [1.807, 2.05) is 0 Å². The lowest BCUT2D eigenvalue weighted by Gasteiger charge is -2.34.